The maximum absolute atomic E-state index is 13.3. The third kappa shape index (κ3) is 4.53. The highest BCUT2D eigenvalue weighted by molar-refractivity contribution is 7.99. The fraction of sp³-hybridized carbons (Fsp3) is 0.348. The summed E-state index contributed by atoms with van der Waals surface area (Å²) in [4.78, 5) is 30.5. The molecule has 0 aliphatic heterocycles. The minimum Gasteiger partial charge on any atom is -0.353 e. The molecule has 0 aliphatic carbocycles. The molecular weight excluding hydrogens is 382 g/mol. The number of benzene rings is 2. The lowest BCUT2D eigenvalue weighted by atomic mass is 10.1. The van der Waals surface area contributed by atoms with Gasteiger partial charge in [-0.2, -0.15) is 0 Å². The number of fused-ring (bicyclic) bond motifs is 1. The van der Waals surface area contributed by atoms with Crippen LogP contribution in [0.1, 0.15) is 37.8 Å². The standard InChI is InChI=1S/C23H27N3O2S/c1-5-17(6-2)24-21(27)14-29-23-25-19-12-8-7-11-18(19)22(28)26(23)20-13-9-10-15(3)16(20)4/h7-13,17H,5-6,14H2,1-4H3,(H,24,27). The average molecular weight is 410 g/mol. The number of nitrogens with one attached hydrogen (secondary N) is 1. The predicted molar refractivity (Wildman–Crippen MR) is 120 cm³/mol. The Balaban J connectivity index is 2.05. The van der Waals surface area contributed by atoms with Gasteiger partial charge in [0.25, 0.3) is 5.56 Å². The minimum absolute atomic E-state index is 0.0429. The highest BCUT2D eigenvalue weighted by Crippen LogP contribution is 2.24. The quantitative estimate of drug-likeness (QED) is 0.464. The molecule has 29 heavy (non-hydrogen) atoms. The van der Waals surface area contributed by atoms with Crippen molar-refractivity contribution in [2.45, 2.75) is 51.7 Å². The summed E-state index contributed by atoms with van der Waals surface area (Å²) in [7, 11) is 0. The SMILES string of the molecule is CCC(CC)NC(=O)CSc1nc2ccccc2c(=O)n1-c1cccc(C)c1C. The molecule has 0 unspecified atom stereocenters. The maximum Gasteiger partial charge on any atom is 0.266 e. The van der Waals surface area contributed by atoms with Gasteiger partial charge < -0.3 is 5.32 Å². The molecule has 1 amide bonds. The van der Waals surface area contributed by atoms with Gasteiger partial charge in [-0.3, -0.25) is 14.2 Å². The highest BCUT2D eigenvalue weighted by atomic mass is 32.2. The molecule has 2 aromatic carbocycles. The minimum atomic E-state index is -0.118. The van der Waals surface area contributed by atoms with Gasteiger partial charge in [-0.15, -0.1) is 0 Å². The summed E-state index contributed by atoms with van der Waals surface area (Å²) in [6, 6.07) is 13.4. The number of hydrogen-bond donors (Lipinski definition) is 1. The first-order valence-corrected chi connectivity index (χ1v) is 10.9. The second-order valence-electron chi connectivity index (χ2n) is 7.14. The Labute approximate surface area is 175 Å². The van der Waals surface area contributed by atoms with Crippen molar-refractivity contribution in [2.75, 3.05) is 5.75 Å². The van der Waals surface area contributed by atoms with Gasteiger partial charge >= 0.3 is 0 Å². The summed E-state index contributed by atoms with van der Waals surface area (Å²) >= 11 is 1.30. The predicted octanol–water partition coefficient (Wildman–Crippen LogP) is 4.40. The summed E-state index contributed by atoms with van der Waals surface area (Å²) in [6.45, 7) is 8.14. The van der Waals surface area contributed by atoms with E-state index in [2.05, 4.69) is 19.2 Å². The third-order valence-electron chi connectivity index (χ3n) is 5.24. The van der Waals surface area contributed by atoms with Gasteiger partial charge in [-0.05, 0) is 56.0 Å². The summed E-state index contributed by atoms with van der Waals surface area (Å²) in [6.07, 6.45) is 1.79. The molecule has 1 aromatic heterocycles. The second-order valence-corrected chi connectivity index (χ2v) is 8.08. The number of carbonyl (C=O) groups excluding carboxylic acids is 1. The Morgan fingerprint density at radius 3 is 2.55 bits per heavy atom. The number of para-hydroxylation sites is 1. The van der Waals surface area contributed by atoms with Gasteiger partial charge in [0.05, 0.1) is 22.3 Å². The number of carbonyl (C=O) groups is 1. The number of hydrogen-bond acceptors (Lipinski definition) is 4. The normalized spacial score (nSPS) is 11.2. The molecular formula is C23H27N3O2S. The van der Waals surface area contributed by atoms with Gasteiger partial charge in [0.15, 0.2) is 5.16 Å². The van der Waals surface area contributed by atoms with Crippen LogP contribution in [0, 0.1) is 13.8 Å². The van der Waals surface area contributed by atoms with Crippen molar-refractivity contribution in [1.29, 1.82) is 0 Å². The lowest BCUT2D eigenvalue weighted by Crippen LogP contribution is -2.35. The first-order chi connectivity index (χ1) is 14.0. The van der Waals surface area contributed by atoms with E-state index in [1.165, 1.54) is 11.8 Å². The van der Waals surface area contributed by atoms with Gasteiger partial charge in [-0.1, -0.05) is 49.9 Å². The van der Waals surface area contributed by atoms with Crippen molar-refractivity contribution in [2.24, 2.45) is 0 Å². The van der Waals surface area contributed by atoms with Crippen molar-refractivity contribution >= 4 is 28.6 Å². The Morgan fingerprint density at radius 1 is 1.10 bits per heavy atom. The molecule has 0 bridgehead atoms. The van der Waals surface area contributed by atoms with Crippen LogP contribution in [0.4, 0.5) is 0 Å². The topological polar surface area (TPSA) is 64.0 Å². The van der Waals surface area contributed by atoms with Crippen LogP contribution in [-0.4, -0.2) is 27.3 Å². The zero-order valence-corrected chi connectivity index (χ0v) is 18.2. The lowest BCUT2D eigenvalue weighted by Gasteiger charge is -2.17. The Kier molecular flexibility index (Phi) is 6.75. The van der Waals surface area contributed by atoms with Gasteiger partial charge in [0.1, 0.15) is 0 Å². The van der Waals surface area contributed by atoms with Crippen LogP contribution in [0.5, 0.6) is 0 Å². The molecule has 3 rings (SSSR count). The van der Waals surface area contributed by atoms with E-state index in [9.17, 15) is 9.59 Å². The van der Waals surface area contributed by atoms with Gasteiger partial charge in [0, 0.05) is 6.04 Å². The van der Waals surface area contributed by atoms with E-state index >= 15 is 0 Å². The van der Waals surface area contributed by atoms with Crippen molar-refractivity contribution in [3.8, 4) is 5.69 Å². The van der Waals surface area contributed by atoms with E-state index in [1.54, 1.807) is 10.6 Å². The van der Waals surface area contributed by atoms with Crippen LogP contribution in [0.15, 0.2) is 52.4 Å². The fourth-order valence-electron chi connectivity index (χ4n) is 3.29. The second kappa shape index (κ2) is 9.27. The largest absolute Gasteiger partial charge is 0.353 e. The van der Waals surface area contributed by atoms with Crippen LogP contribution in [0.3, 0.4) is 0 Å². The summed E-state index contributed by atoms with van der Waals surface area (Å²) in [5.41, 5.74) is 3.45. The number of amides is 1. The van der Waals surface area contributed by atoms with Crippen molar-refractivity contribution < 1.29 is 4.79 Å². The number of aryl methyl sites for hydroxylation is 1. The third-order valence-corrected chi connectivity index (χ3v) is 6.18. The monoisotopic (exact) mass is 409 g/mol. The van der Waals surface area contributed by atoms with Crippen molar-refractivity contribution in [3.63, 3.8) is 0 Å². The van der Waals surface area contributed by atoms with Gasteiger partial charge in [-0.25, -0.2) is 4.98 Å². The molecule has 0 fully saturated rings. The van der Waals surface area contributed by atoms with Crippen molar-refractivity contribution in [1.82, 2.24) is 14.9 Å². The fourth-order valence-corrected chi connectivity index (χ4v) is 4.11. The zero-order valence-electron chi connectivity index (χ0n) is 17.4. The first-order valence-electron chi connectivity index (χ1n) is 9.96. The number of aromatic nitrogens is 2. The van der Waals surface area contributed by atoms with E-state index in [4.69, 9.17) is 4.98 Å². The molecule has 3 aromatic rings. The molecule has 0 aliphatic rings. The van der Waals surface area contributed by atoms with Crippen LogP contribution in [0.25, 0.3) is 16.6 Å². The van der Waals surface area contributed by atoms with E-state index in [0.717, 1.165) is 29.7 Å². The van der Waals surface area contributed by atoms with Crippen molar-refractivity contribution in [3.05, 3.63) is 63.9 Å². The smallest absolute Gasteiger partial charge is 0.266 e. The summed E-state index contributed by atoms with van der Waals surface area (Å²) in [5.74, 6) is 0.171. The van der Waals surface area contributed by atoms with E-state index in [0.29, 0.717) is 16.1 Å². The molecule has 152 valence electrons. The summed E-state index contributed by atoms with van der Waals surface area (Å²) < 4.78 is 1.64. The maximum atomic E-state index is 13.3. The molecule has 0 radical (unpaired) electrons. The zero-order chi connectivity index (χ0) is 21.0. The molecule has 1 heterocycles. The molecule has 0 atom stereocenters. The van der Waals surface area contributed by atoms with E-state index in [1.807, 2.05) is 50.2 Å². The number of rotatable bonds is 7. The highest BCUT2D eigenvalue weighted by Gasteiger charge is 2.17. The first kappa shape index (κ1) is 21.1. The van der Waals surface area contributed by atoms with Crippen LogP contribution in [0.2, 0.25) is 0 Å². The Hall–Kier alpha value is -2.60. The van der Waals surface area contributed by atoms with Crippen LogP contribution in [-0.2, 0) is 4.79 Å². The molecule has 1 N–H and O–H groups in total. The van der Waals surface area contributed by atoms with E-state index < -0.39 is 0 Å². The Bertz CT molecular complexity index is 1090. The summed E-state index contributed by atoms with van der Waals surface area (Å²) in [5, 5.41) is 4.14. The molecule has 6 heteroatoms. The van der Waals surface area contributed by atoms with E-state index in [-0.39, 0.29) is 23.3 Å². The molecule has 0 spiro atoms. The molecule has 0 saturated heterocycles. The molecule has 0 saturated carbocycles. The molecule has 5 nitrogen and oxygen atoms in total. The lowest BCUT2D eigenvalue weighted by molar-refractivity contribution is -0.119. The Morgan fingerprint density at radius 2 is 1.83 bits per heavy atom. The number of nitrogens with zero attached hydrogens (tertiary/aromatic N) is 2. The number of thioether (sulfide) groups is 1. The average Bonchev–Trinajstić information content (AvgIpc) is 2.73. The van der Waals surface area contributed by atoms with Gasteiger partial charge in [0.2, 0.25) is 5.91 Å². The van der Waals surface area contributed by atoms with Crippen LogP contribution >= 0.6 is 11.8 Å². The van der Waals surface area contributed by atoms with Crippen LogP contribution < -0.4 is 10.9 Å².